The van der Waals surface area contributed by atoms with Crippen molar-refractivity contribution in [2.24, 2.45) is 0 Å². The third-order valence-corrected chi connectivity index (χ3v) is 3.73. The van der Waals surface area contributed by atoms with Crippen LogP contribution in [0, 0.1) is 28.4 Å². The number of nitrogens with one attached hydrogen (secondary N) is 1. The molecule has 0 heterocycles. The minimum Gasteiger partial charge on any atom is -0.354 e. The van der Waals surface area contributed by atoms with Gasteiger partial charge in [0.25, 0.3) is 5.69 Å². The van der Waals surface area contributed by atoms with Crippen molar-refractivity contribution in [2.75, 3.05) is 5.32 Å². The summed E-state index contributed by atoms with van der Waals surface area (Å²) in [6.07, 6.45) is 0. The zero-order chi connectivity index (χ0) is 14.7. The van der Waals surface area contributed by atoms with E-state index in [4.69, 9.17) is 5.26 Å². The molecule has 2 rings (SSSR count). The van der Waals surface area contributed by atoms with Crippen molar-refractivity contribution < 1.29 is 4.92 Å². The number of nitro groups is 1. The van der Waals surface area contributed by atoms with Crippen LogP contribution in [0.5, 0.6) is 0 Å². The number of hydrogen-bond acceptors (Lipinski definition) is 4. The van der Waals surface area contributed by atoms with Crippen LogP contribution in [0.4, 0.5) is 17.1 Å². The maximum absolute atomic E-state index is 10.7. The molecular formula is C14H10BrN3O2. The number of anilines is 2. The van der Waals surface area contributed by atoms with Crippen LogP contribution in [0.15, 0.2) is 40.9 Å². The van der Waals surface area contributed by atoms with Gasteiger partial charge in [-0.25, -0.2) is 0 Å². The number of nitro benzene ring substituents is 1. The van der Waals surface area contributed by atoms with Crippen molar-refractivity contribution >= 4 is 33.0 Å². The highest BCUT2D eigenvalue weighted by atomic mass is 79.9. The zero-order valence-electron chi connectivity index (χ0n) is 10.6. The molecule has 1 N–H and O–H groups in total. The number of nitrogens with zero attached hydrogens (tertiary/aromatic N) is 2. The van der Waals surface area contributed by atoms with E-state index in [-0.39, 0.29) is 11.3 Å². The van der Waals surface area contributed by atoms with Gasteiger partial charge in [0.15, 0.2) is 0 Å². The molecule has 0 bridgehead atoms. The van der Waals surface area contributed by atoms with E-state index < -0.39 is 4.92 Å². The Kier molecular flexibility index (Phi) is 4.01. The average Bonchev–Trinajstić information content (AvgIpc) is 2.44. The van der Waals surface area contributed by atoms with Crippen molar-refractivity contribution in [1.29, 1.82) is 5.26 Å². The van der Waals surface area contributed by atoms with Gasteiger partial charge in [-0.2, -0.15) is 5.26 Å². The third-order valence-electron chi connectivity index (χ3n) is 2.87. The van der Waals surface area contributed by atoms with Gasteiger partial charge < -0.3 is 5.32 Å². The molecule has 0 unspecified atom stereocenters. The van der Waals surface area contributed by atoms with E-state index >= 15 is 0 Å². The summed E-state index contributed by atoms with van der Waals surface area (Å²) in [5.41, 5.74) is 2.51. The van der Waals surface area contributed by atoms with Crippen molar-refractivity contribution in [3.8, 4) is 6.07 Å². The summed E-state index contributed by atoms with van der Waals surface area (Å²) in [6.45, 7) is 1.93. The first-order valence-corrected chi connectivity index (χ1v) is 6.53. The fraction of sp³-hybridized carbons (Fsp3) is 0.0714. The summed E-state index contributed by atoms with van der Waals surface area (Å²) < 4.78 is 0.947. The molecule has 0 aliphatic heterocycles. The molecule has 0 aromatic heterocycles. The Labute approximate surface area is 124 Å². The number of hydrogen-bond donors (Lipinski definition) is 1. The van der Waals surface area contributed by atoms with E-state index in [1.165, 1.54) is 18.2 Å². The van der Waals surface area contributed by atoms with Gasteiger partial charge in [-0.05, 0) is 30.7 Å². The van der Waals surface area contributed by atoms with Gasteiger partial charge in [-0.15, -0.1) is 0 Å². The van der Waals surface area contributed by atoms with Gasteiger partial charge in [0.05, 0.1) is 16.2 Å². The van der Waals surface area contributed by atoms with Crippen molar-refractivity contribution in [3.63, 3.8) is 0 Å². The highest BCUT2D eigenvalue weighted by Crippen LogP contribution is 2.29. The first-order chi connectivity index (χ1) is 9.52. The molecule has 2 aromatic rings. The predicted octanol–water partition coefficient (Wildman–Crippen LogP) is 4.28. The first-order valence-electron chi connectivity index (χ1n) is 5.73. The molecular weight excluding hydrogens is 322 g/mol. The summed E-state index contributed by atoms with van der Waals surface area (Å²) in [5.74, 6) is 0. The van der Waals surface area contributed by atoms with Crippen LogP contribution in [0.1, 0.15) is 11.1 Å². The molecule has 0 saturated heterocycles. The predicted molar refractivity (Wildman–Crippen MR) is 80.0 cm³/mol. The summed E-state index contributed by atoms with van der Waals surface area (Å²) in [5, 5.41) is 22.9. The Morgan fingerprint density at radius 1 is 1.30 bits per heavy atom. The molecule has 0 saturated carbocycles. The van der Waals surface area contributed by atoms with Crippen LogP contribution in [0.25, 0.3) is 0 Å². The van der Waals surface area contributed by atoms with E-state index in [0.29, 0.717) is 5.69 Å². The maximum Gasteiger partial charge on any atom is 0.270 e. The number of non-ortho nitro benzene ring substituents is 1. The van der Waals surface area contributed by atoms with Crippen molar-refractivity contribution in [2.45, 2.75) is 6.92 Å². The maximum atomic E-state index is 10.7. The molecule has 0 amide bonds. The van der Waals surface area contributed by atoms with Crippen LogP contribution in [-0.2, 0) is 0 Å². The molecule has 5 nitrogen and oxygen atoms in total. The van der Waals surface area contributed by atoms with E-state index in [0.717, 1.165) is 15.7 Å². The molecule has 0 aliphatic rings. The Hall–Kier alpha value is -2.39. The van der Waals surface area contributed by atoms with Gasteiger partial charge in [0, 0.05) is 22.3 Å². The lowest BCUT2D eigenvalue weighted by molar-refractivity contribution is -0.384. The summed E-state index contributed by atoms with van der Waals surface area (Å²) in [6, 6.07) is 11.8. The Balaban J connectivity index is 2.42. The average molecular weight is 332 g/mol. The third kappa shape index (κ3) is 2.78. The Morgan fingerprint density at radius 3 is 2.70 bits per heavy atom. The van der Waals surface area contributed by atoms with E-state index in [1.807, 2.05) is 31.2 Å². The molecule has 2 aromatic carbocycles. The van der Waals surface area contributed by atoms with Gasteiger partial charge >= 0.3 is 0 Å². The minimum absolute atomic E-state index is 0.0990. The van der Waals surface area contributed by atoms with Gasteiger partial charge in [0.1, 0.15) is 6.07 Å². The van der Waals surface area contributed by atoms with Crippen molar-refractivity contribution in [1.82, 2.24) is 0 Å². The smallest absolute Gasteiger partial charge is 0.270 e. The molecule has 0 radical (unpaired) electrons. The van der Waals surface area contributed by atoms with Crippen LogP contribution >= 0.6 is 15.9 Å². The number of nitriles is 1. The highest BCUT2D eigenvalue weighted by Gasteiger charge is 2.11. The van der Waals surface area contributed by atoms with Gasteiger partial charge in [-0.3, -0.25) is 10.1 Å². The van der Waals surface area contributed by atoms with Crippen LogP contribution in [0.3, 0.4) is 0 Å². The van der Waals surface area contributed by atoms with Crippen LogP contribution < -0.4 is 5.32 Å². The monoisotopic (exact) mass is 331 g/mol. The SMILES string of the molecule is Cc1c(Br)cccc1Nc1ccc([N+](=O)[O-])cc1C#N. The second-order valence-corrected chi connectivity index (χ2v) is 4.99. The first kappa shape index (κ1) is 14.0. The lowest BCUT2D eigenvalue weighted by atomic mass is 10.1. The summed E-state index contributed by atoms with van der Waals surface area (Å²) in [7, 11) is 0. The summed E-state index contributed by atoms with van der Waals surface area (Å²) in [4.78, 5) is 10.2. The molecule has 6 heteroatoms. The Bertz CT molecular complexity index is 723. The fourth-order valence-corrected chi connectivity index (χ4v) is 2.10. The quantitative estimate of drug-likeness (QED) is 0.672. The molecule has 20 heavy (non-hydrogen) atoms. The minimum atomic E-state index is -0.519. The lowest BCUT2D eigenvalue weighted by Gasteiger charge is -2.11. The number of benzene rings is 2. The zero-order valence-corrected chi connectivity index (χ0v) is 12.1. The summed E-state index contributed by atoms with van der Waals surface area (Å²) >= 11 is 3.43. The molecule has 0 fully saturated rings. The standard InChI is InChI=1S/C14H10BrN3O2/c1-9-12(15)3-2-4-13(9)17-14-6-5-11(18(19)20)7-10(14)8-16/h2-7,17H,1H3. The largest absolute Gasteiger partial charge is 0.354 e. The lowest BCUT2D eigenvalue weighted by Crippen LogP contribution is -1.97. The number of halogens is 1. The Morgan fingerprint density at radius 2 is 2.05 bits per heavy atom. The fourth-order valence-electron chi connectivity index (χ4n) is 1.74. The van der Waals surface area contributed by atoms with Gasteiger partial charge in [-0.1, -0.05) is 22.0 Å². The molecule has 100 valence electrons. The van der Waals surface area contributed by atoms with Crippen LogP contribution in [0.2, 0.25) is 0 Å². The topological polar surface area (TPSA) is 79.0 Å². The second-order valence-electron chi connectivity index (χ2n) is 4.14. The molecule has 0 spiro atoms. The van der Waals surface area contributed by atoms with Gasteiger partial charge in [0.2, 0.25) is 0 Å². The van der Waals surface area contributed by atoms with E-state index in [9.17, 15) is 10.1 Å². The van der Waals surface area contributed by atoms with E-state index in [1.54, 1.807) is 0 Å². The number of rotatable bonds is 3. The van der Waals surface area contributed by atoms with E-state index in [2.05, 4.69) is 21.2 Å². The van der Waals surface area contributed by atoms with Crippen molar-refractivity contribution in [3.05, 3.63) is 62.1 Å². The highest BCUT2D eigenvalue weighted by molar-refractivity contribution is 9.10. The molecule has 0 aliphatic carbocycles. The van der Waals surface area contributed by atoms with Crippen LogP contribution in [-0.4, -0.2) is 4.92 Å². The second kappa shape index (κ2) is 5.72. The molecule has 0 atom stereocenters. The normalized spacial score (nSPS) is 9.85.